The first-order chi connectivity index (χ1) is 18.2. The van der Waals surface area contributed by atoms with Crippen molar-refractivity contribution in [2.75, 3.05) is 0 Å². The zero-order valence-electron chi connectivity index (χ0n) is 21.0. The highest BCUT2D eigenvalue weighted by Crippen LogP contribution is 2.53. The van der Waals surface area contributed by atoms with E-state index in [0.717, 1.165) is 0 Å². The number of rotatable bonds is 4. The van der Waals surface area contributed by atoms with Crippen molar-refractivity contribution in [3.63, 3.8) is 0 Å². The molecule has 4 heteroatoms. The first-order valence-corrected chi connectivity index (χ1v) is 16.4. The fraction of sp³-hybridized carbons (Fsp3) is 0.212. The van der Waals surface area contributed by atoms with Crippen LogP contribution in [0.4, 0.5) is 0 Å². The van der Waals surface area contributed by atoms with Gasteiger partial charge < -0.3 is 0 Å². The SMILES string of the molecule is CCCC1(CCC)c2cc(=C3Sc4ccccc4S3)ccc2=c2ccc(=C3Sc4ccccc4S3)cc21. The molecule has 0 nitrogen and oxygen atoms in total. The van der Waals surface area contributed by atoms with Gasteiger partial charge in [-0.2, -0.15) is 0 Å². The summed E-state index contributed by atoms with van der Waals surface area (Å²) in [7, 11) is 0. The van der Waals surface area contributed by atoms with Crippen molar-refractivity contribution in [3.8, 4) is 0 Å². The molecule has 37 heavy (non-hydrogen) atoms. The van der Waals surface area contributed by atoms with Gasteiger partial charge in [0.2, 0.25) is 0 Å². The fourth-order valence-electron chi connectivity index (χ4n) is 6.18. The van der Waals surface area contributed by atoms with Gasteiger partial charge in [0.1, 0.15) is 0 Å². The summed E-state index contributed by atoms with van der Waals surface area (Å²) in [6.45, 7) is 4.70. The average Bonchev–Trinajstić information content (AvgIpc) is 3.62. The van der Waals surface area contributed by atoms with Crippen LogP contribution in [0, 0.1) is 10.4 Å². The third-order valence-electron chi connectivity index (χ3n) is 7.69. The lowest BCUT2D eigenvalue weighted by Gasteiger charge is -2.32. The molecule has 0 N–H and O–H groups in total. The number of benzene rings is 4. The number of fused-ring (bicyclic) bond motifs is 4. The Morgan fingerprint density at radius 1 is 0.514 bits per heavy atom. The smallest absolute Gasteiger partial charge is 0.0572 e. The standard InChI is InChI=1S/C33H28S4/c1-3-17-33(18-4-2)25-19-21(31-34-27-9-5-6-10-28(27)35-31)13-15-23(25)24-16-14-22(20-26(24)33)32-36-29-11-7-8-12-30(29)37-32/h5-16,19-20H,3-4,17-18H2,1-2H3. The van der Waals surface area contributed by atoms with E-state index in [1.54, 1.807) is 11.1 Å². The van der Waals surface area contributed by atoms with Crippen molar-refractivity contribution < 1.29 is 0 Å². The van der Waals surface area contributed by atoms with Gasteiger partial charge in [0.25, 0.3) is 0 Å². The predicted molar refractivity (Wildman–Crippen MR) is 164 cm³/mol. The highest BCUT2D eigenvalue weighted by molar-refractivity contribution is 8.32. The second kappa shape index (κ2) is 9.64. The Morgan fingerprint density at radius 2 is 0.892 bits per heavy atom. The molecular weight excluding hydrogens is 525 g/mol. The molecule has 2 aliphatic heterocycles. The summed E-state index contributed by atoms with van der Waals surface area (Å²) in [6.07, 6.45) is 4.76. The molecule has 4 aromatic rings. The van der Waals surface area contributed by atoms with Gasteiger partial charge in [0.15, 0.2) is 0 Å². The molecule has 1 aliphatic carbocycles. The molecule has 0 amide bonds. The molecule has 0 saturated heterocycles. The summed E-state index contributed by atoms with van der Waals surface area (Å²) >= 11 is 7.72. The highest BCUT2D eigenvalue weighted by Gasteiger charge is 2.38. The monoisotopic (exact) mass is 552 g/mol. The molecule has 7 rings (SSSR count). The topological polar surface area (TPSA) is 0 Å². The third kappa shape index (κ3) is 3.95. The molecule has 0 bridgehead atoms. The molecule has 0 saturated carbocycles. The normalized spacial score (nSPS) is 16.5. The van der Waals surface area contributed by atoms with Crippen molar-refractivity contribution in [1.82, 2.24) is 0 Å². The van der Waals surface area contributed by atoms with Crippen LogP contribution in [0.15, 0.2) is 105 Å². The molecule has 2 heterocycles. The lowest BCUT2D eigenvalue weighted by molar-refractivity contribution is 0.430. The van der Waals surface area contributed by atoms with Gasteiger partial charge in [-0.1, -0.05) is 122 Å². The minimum absolute atomic E-state index is 0.0862. The largest absolute Gasteiger partial charge is 0.0809 e. The van der Waals surface area contributed by atoms with Crippen molar-refractivity contribution >= 4 is 55.5 Å². The molecular formula is C33H28S4. The van der Waals surface area contributed by atoms with Crippen LogP contribution < -0.4 is 10.4 Å². The maximum atomic E-state index is 2.55. The van der Waals surface area contributed by atoms with Gasteiger partial charge in [-0.3, -0.25) is 0 Å². The Balaban J connectivity index is 1.43. The highest BCUT2D eigenvalue weighted by atomic mass is 32.2. The van der Waals surface area contributed by atoms with E-state index in [1.807, 2.05) is 47.0 Å². The van der Waals surface area contributed by atoms with Gasteiger partial charge in [-0.05, 0) is 81.2 Å². The zero-order chi connectivity index (χ0) is 25.0. The lowest BCUT2D eigenvalue weighted by Crippen LogP contribution is -2.28. The molecule has 0 spiro atoms. The van der Waals surface area contributed by atoms with Crippen LogP contribution in [0.1, 0.15) is 50.7 Å². The zero-order valence-corrected chi connectivity index (χ0v) is 24.3. The van der Waals surface area contributed by atoms with Gasteiger partial charge in [-0.15, -0.1) is 0 Å². The third-order valence-corrected chi connectivity index (χ3v) is 12.9. The van der Waals surface area contributed by atoms with Crippen LogP contribution >= 0.6 is 47.0 Å². The first-order valence-electron chi connectivity index (χ1n) is 13.1. The van der Waals surface area contributed by atoms with Crippen molar-refractivity contribution in [2.24, 2.45) is 0 Å². The van der Waals surface area contributed by atoms with Crippen LogP contribution in [0.2, 0.25) is 0 Å². The molecule has 0 unspecified atom stereocenters. The van der Waals surface area contributed by atoms with E-state index in [2.05, 4.69) is 98.8 Å². The Bertz CT molecular complexity index is 1580. The Morgan fingerprint density at radius 3 is 1.24 bits per heavy atom. The fourth-order valence-corrected chi connectivity index (χ4v) is 11.1. The summed E-state index contributed by atoms with van der Waals surface area (Å²) < 4.78 is 2.82. The molecule has 0 fully saturated rings. The van der Waals surface area contributed by atoms with Crippen molar-refractivity contribution in [1.29, 1.82) is 0 Å². The summed E-state index contributed by atoms with van der Waals surface area (Å²) in [4.78, 5) is 5.53. The quantitative estimate of drug-likeness (QED) is 0.247. The van der Waals surface area contributed by atoms with E-state index in [9.17, 15) is 0 Å². The van der Waals surface area contributed by atoms with Crippen LogP contribution in [-0.2, 0) is 5.41 Å². The molecule has 4 aromatic carbocycles. The lowest BCUT2D eigenvalue weighted by atomic mass is 9.71. The van der Waals surface area contributed by atoms with E-state index in [4.69, 9.17) is 0 Å². The van der Waals surface area contributed by atoms with Crippen molar-refractivity contribution in [3.05, 3.63) is 117 Å². The van der Waals surface area contributed by atoms with Crippen LogP contribution in [-0.4, -0.2) is 0 Å². The molecule has 0 radical (unpaired) electrons. The second-order valence-corrected chi connectivity index (χ2v) is 14.7. The van der Waals surface area contributed by atoms with Crippen LogP contribution in [0.3, 0.4) is 0 Å². The number of thioether (sulfide) groups is 4. The minimum Gasteiger partial charge on any atom is -0.0809 e. The Labute approximate surface area is 235 Å². The van der Waals surface area contributed by atoms with Gasteiger partial charge in [-0.25, -0.2) is 0 Å². The van der Waals surface area contributed by atoms with Crippen LogP contribution in [0.5, 0.6) is 0 Å². The number of hydrogen-bond donors (Lipinski definition) is 0. The summed E-state index contributed by atoms with van der Waals surface area (Å²) in [6, 6.07) is 32.2. The van der Waals surface area contributed by atoms with Crippen LogP contribution in [0.25, 0.3) is 8.47 Å². The first kappa shape index (κ1) is 24.1. The maximum absolute atomic E-state index is 2.55. The van der Waals surface area contributed by atoms with Gasteiger partial charge in [0.05, 0.1) is 8.47 Å². The minimum atomic E-state index is 0.0862. The van der Waals surface area contributed by atoms with E-state index in [0.29, 0.717) is 0 Å². The molecule has 184 valence electrons. The molecule has 3 aliphatic rings. The average molecular weight is 553 g/mol. The van der Waals surface area contributed by atoms with E-state index < -0.39 is 0 Å². The Hall–Kier alpha value is -1.98. The molecule has 0 aromatic heterocycles. The van der Waals surface area contributed by atoms with E-state index >= 15 is 0 Å². The second-order valence-electron chi connectivity index (χ2n) is 9.98. The van der Waals surface area contributed by atoms with Crippen molar-refractivity contribution in [2.45, 2.75) is 64.5 Å². The maximum Gasteiger partial charge on any atom is 0.0572 e. The van der Waals surface area contributed by atoms with Gasteiger partial charge >= 0.3 is 0 Å². The number of hydrogen-bond acceptors (Lipinski definition) is 4. The van der Waals surface area contributed by atoms with E-state index in [-0.39, 0.29) is 5.41 Å². The summed E-state index contributed by atoms with van der Waals surface area (Å²) in [5, 5.41) is 5.64. The Kier molecular flexibility index (Phi) is 6.28. The summed E-state index contributed by atoms with van der Waals surface area (Å²) in [5.41, 5.74) is 3.18. The molecule has 0 atom stereocenters. The summed E-state index contributed by atoms with van der Waals surface area (Å²) in [5.74, 6) is 0. The van der Waals surface area contributed by atoms with E-state index in [1.165, 1.54) is 74.6 Å². The predicted octanol–water partition coefficient (Wildman–Crippen LogP) is 9.10. The van der Waals surface area contributed by atoms with Gasteiger partial charge in [0, 0.05) is 25.0 Å².